The summed E-state index contributed by atoms with van der Waals surface area (Å²) < 4.78 is 81.4. The fourth-order valence-electron chi connectivity index (χ4n) is 3.87. The molecule has 3 aromatic heterocycles. The Morgan fingerprint density at radius 2 is 1.51 bits per heavy atom. The van der Waals surface area contributed by atoms with E-state index in [0.717, 1.165) is 18.2 Å². The van der Waals surface area contributed by atoms with Crippen LogP contribution in [0.3, 0.4) is 0 Å². The van der Waals surface area contributed by atoms with Crippen molar-refractivity contribution in [1.29, 1.82) is 0 Å². The molecule has 37 heavy (non-hydrogen) atoms. The van der Waals surface area contributed by atoms with Crippen molar-refractivity contribution in [3.05, 3.63) is 102 Å². The number of alkyl halides is 6. The number of hydrogen-bond donors (Lipinski definition) is 1. The van der Waals surface area contributed by atoms with Crippen LogP contribution in [0, 0.1) is 0 Å². The van der Waals surface area contributed by atoms with Gasteiger partial charge in [-0.2, -0.15) is 26.3 Å². The van der Waals surface area contributed by atoms with Crippen molar-refractivity contribution < 1.29 is 26.3 Å². The van der Waals surface area contributed by atoms with Gasteiger partial charge in [0.15, 0.2) is 5.82 Å². The maximum absolute atomic E-state index is 13.6. The van der Waals surface area contributed by atoms with Gasteiger partial charge in [-0.1, -0.05) is 6.07 Å². The first-order valence-corrected chi connectivity index (χ1v) is 11.0. The van der Waals surface area contributed by atoms with Crippen LogP contribution in [-0.4, -0.2) is 19.5 Å². The minimum atomic E-state index is -4.60. The molecule has 2 aromatic carbocycles. The number of rotatable bonds is 5. The first-order valence-electron chi connectivity index (χ1n) is 11.0. The second kappa shape index (κ2) is 9.23. The van der Waals surface area contributed by atoms with E-state index in [-0.39, 0.29) is 17.8 Å². The summed E-state index contributed by atoms with van der Waals surface area (Å²) in [5.74, 6) is 0.655. The van der Waals surface area contributed by atoms with E-state index in [1.807, 2.05) is 16.7 Å². The van der Waals surface area contributed by atoms with Gasteiger partial charge < -0.3 is 9.88 Å². The summed E-state index contributed by atoms with van der Waals surface area (Å²) in [5.41, 5.74) is -0.986. The van der Waals surface area contributed by atoms with E-state index in [1.165, 1.54) is 36.5 Å². The second-order valence-electron chi connectivity index (χ2n) is 8.17. The Bertz CT molecular complexity index is 1540. The zero-order valence-electron chi connectivity index (χ0n) is 18.8. The van der Waals surface area contributed by atoms with Gasteiger partial charge in [0.2, 0.25) is 0 Å². The van der Waals surface area contributed by atoms with Gasteiger partial charge in [-0.25, -0.2) is 9.97 Å². The molecule has 0 aliphatic rings. The highest BCUT2D eigenvalue weighted by Gasteiger charge is 2.34. The molecule has 5 rings (SSSR count). The average Bonchev–Trinajstić information content (AvgIpc) is 3.36. The minimum Gasteiger partial charge on any atom is -0.347 e. The number of anilines is 2. The standard InChI is InChI=1S/C26H17F6N5/c27-25(28,29)17-6-8-18(9-7-17)34-24-19-10-5-16(23-20(26(30,31)32)4-3-11-33-23)14-21(19)35-22(36-24)15-37-12-1-2-13-37/h1-14H,15H2,(H,34,35,36). The molecular formula is C26H17F6N5. The highest BCUT2D eigenvalue weighted by molar-refractivity contribution is 5.93. The van der Waals surface area contributed by atoms with E-state index in [4.69, 9.17) is 0 Å². The lowest BCUT2D eigenvalue weighted by atomic mass is 10.0. The molecule has 0 unspecified atom stereocenters. The van der Waals surface area contributed by atoms with E-state index in [9.17, 15) is 26.3 Å². The van der Waals surface area contributed by atoms with E-state index in [0.29, 0.717) is 28.2 Å². The predicted molar refractivity (Wildman–Crippen MR) is 126 cm³/mol. The molecule has 1 N–H and O–H groups in total. The normalized spacial score (nSPS) is 12.2. The van der Waals surface area contributed by atoms with Crippen molar-refractivity contribution in [3.8, 4) is 11.3 Å². The molecule has 0 fully saturated rings. The van der Waals surface area contributed by atoms with Crippen LogP contribution in [-0.2, 0) is 18.9 Å². The first-order chi connectivity index (χ1) is 17.6. The quantitative estimate of drug-likeness (QED) is 0.250. The minimum absolute atomic E-state index is 0.214. The molecule has 5 nitrogen and oxygen atoms in total. The third kappa shape index (κ3) is 5.25. The molecule has 0 saturated heterocycles. The van der Waals surface area contributed by atoms with Crippen molar-refractivity contribution in [2.45, 2.75) is 18.9 Å². The number of nitrogens with one attached hydrogen (secondary N) is 1. The van der Waals surface area contributed by atoms with Crippen LogP contribution in [0.5, 0.6) is 0 Å². The summed E-state index contributed by atoms with van der Waals surface area (Å²) in [6.07, 6.45) is -4.18. The van der Waals surface area contributed by atoms with Crippen LogP contribution >= 0.6 is 0 Å². The molecule has 0 saturated carbocycles. The Kier molecular flexibility index (Phi) is 6.06. The van der Waals surface area contributed by atoms with E-state index in [2.05, 4.69) is 20.3 Å². The molecule has 11 heteroatoms. The Morgan fingerprint density at radius 3 is 2.19 bits per heavy atom. The van der Waals surface area contributed by atoms with Crippen LogP contribution in [0.1, 0.15) is 17.0 Å². The largest absolute Gasteiger partial charge is 0.418 e. The molecule has 0 spiro atoms. The molecule has 0 aliphatic carbocycles. The Balaban J connectivity index is 1.60. The highest BCUT2D eigenvalue weighted by atomic mass is 19.4. The zero-order valence-corrected chi connectivity index (χ0v) is 18.8. The summed E-state index contributed by atoms with van der Waals surface area (Å²) in [6, 6.07) is 14.8. The van der Waals surface area contributed by atoms with Gasteiger partial charge in [0.1, 0.15) is 5.82 Å². The van der Waals surface area contributed by atoms with Crippen molar-refractivity contribution in [1.82, 2.24) is 19.5 Å². The fourth-order valence-corrected chi connectivity index (χ4v) is 3.87. The van der Waals surface area contributed by atoms with Gasteiger partial charge in [-0.3, -0.25) is 4.98 Å². The van der Waals surface area contributed by atoms with Crippen molar-refractivity contribution in [3.63, 3.8) is 0 Å². The maximum atomic E-state index is 13.6. The lowest BCUT2D eigenvalue weighted by Gasteiger charge is -2.15. The van der Waals surface area contributed by atoms with Gasteiger partial charge in [-0.05, 0) is 60.7 Å². The first kappa shape index (κ1) is 24.3. The fraction of sp³-hybridized carbons (Fsp3) is 0.115. The summed E-state index contributed by atoms with van der Waals surface area (Å²) in [7, 11) is 0. The Morgan fingerprint density at radius 1 is 0.784 bits per heavy atom. The number of nitrogens with zero attached hydrogens (tertiary/aromatic N) is 4. The number of pyridine rings is 1. The smallest absolute Gasteiger partial charge is 0.347 e. The number of benzene rings is 2. The SMILES string of the molecule is FC(F)(F)c1ccc(Nc2nc(Cn3cccc3)nc3cc(-c4ncccc4C(F)(F)F)ccc23)cc1. The third-order valence-electron chi connectivity index (χ3n) is 5.59. The van der Waals surface area contributed by atoms with Gasteiger partial charge >= 0.3 is 12.4 Å². The topological polar surface area (TPSA) is 55.6 Å². The van der Waals surface area contributed by atoms with E-state index in [1.54, 1.807) is 18.5 Å². The molecule has 0 radical (unpaired) electrons. The van der Waals surface area contributed by atoms with Crippen molar-refractivity contribution in [2.75, 3.05) is 5.32 Å². The summed E-state index contributed by atoms with van der Waals surface area (Å²) in [6.45, 7) is 0.270. The molecule has 0 atom stereocenters. The lowest BCUT2D eigenvalue weighted by molar-refractivity contribution is -0.138. The third-order valence-corrected chi connectivity index (χ3v) is 5.59. The number of aromatic nitrogens is 4. The van der Waals surface area contributed by atoms with Gasteiger partial charge in [0, 0.05) is 35.2 Å². The summed E-state index contributed by atoms with van der Waals surface area (Å²) >= 11 is 0. The summed E-state index contributed by atoms with van der Waals surface area (Å²) in [4.78, 5) is 13.0. The maximum Gasteiger partial charge on any atom is 0.418 e. The van der Waals surface area contributed by atoms with Gasteiger partial charge in [0.05, 0.1) is 28.9 Å². The van der Waals surface area contributed by atoms with Crippen LogP contribution in [0.15, 0.2) is 85.3 Å². The predicted octanol–water partition coefficient (Wildman–Crippen LogP) is 7.32. The Hall–Kier alpha value is -4.41. The van der Waals surface area contributed by atoms with E-state index < -0.39 is 23.5 Å². The molecule has 3 heterocycles. The van der Waals surface area contributed by atoms with Crippen LogP contribution < -0.4 is 5.32 Å². The number of hydrogen-bond acceptors (Lipinski definition) is 4. The zero-order chi connectivity index (χ0) is 26.2. The van der Waals surface area contributed by atoms with Crippen molar-refractivity contribution >= 4 is 22.4 Å². The monoisotopic (exact) mass is 513 g/mol. The molecule has 0 amide bonds. The van der Waals surface area contributed by atoms with Crippen molar-refractivity contribution in [2.24, 2.45) is 0 Å². The van der Waals surface area contributed by atoms with Gasteiger partial charge in [-0.15, -0.1) is 0 Å². The molecule has 188 valence electrons. The second-order valence-corrected chi connectivity index (χ2v) is 8.17. The van der Waals surface area contributed by atoms with Crippen LogP contribution in [0.25, 0.3) is 22.2 Å². The molecular weight excluding hydrogens is 496 g/mol. The van der Waals surface area contributed by atoms with E-state index >= 15 is 0 Å². The average molecular weight is 513 g/mol. The highest BCUT2D eigenvalue weighted by Crippen LogP contribution is 2.37. The molecule has 0 aliphatic heterocycles. The molecule has 5 aromatic rings. The number of halogens is 6. The van der Waals surface area contributed by atoms with Gasteiger partial charge in [0.25, 0.3) is 0 Å². The van der Waals surface area contributed by atoms with Crippen LogP contribution in [0.2, 0.25) is 0 Å². The summed E-state index contributed by atoms with van der Waals surface area (Å²) in [5, 5.41) is 3.49. The number of fused-ring (bicyclic) bond motifs is 1. The Labute approximate surface area is 206 Å². The molecule has 0 bridgehead atoms. The van der Waals surface area contributed by atoms with Crippen LogP contribution in [0.4, 0.5) is 37.8 Å². The lowest BCUT2D eigenvalue weighted by Crippen LogP contribution is -2.09.